The summed E-state index contributed by atoms with van der Waals surface area (Å²) in [6.07, 6.45) is 4.96. The van der Waals surface area contributed by atoms with Crippen LogP contribution in [0.1, 0.15) is 36.0 Å². The molecule has 0 saturated carbocycles. The Bertz CT molecular complexity index is 1140. The molecular weight excluding hydrogens is 454 g/mol. The van der Waals surface area contributed by atoms with Crippen LogP contribution in [0, 0.1) is 12.8 Å². The Morgan fingerprint density at radius 1 is 1.08 bits per heavy atom. The molecule has 1 fully saturated rings. The molecule has 5 rings (SSSR count). The molecule has 2 aliphatic rings. The molecule has 1 aromatic heterocycles. The van der Waals surface area contributed by atoms with Crippen molar-refractivity contribution in [2.24, 2.45) is 11.7 Å². The Morgan fingerprint density at radius 2 is 1.75 bits per heavy atom. The number of aliphatic hydroxyl groups is 1. The molecule has 4 N–H and O–H groups in total. The van der Waals surface area contributed by atoms with Gasteiger partial charge in [0.1, 0.15) is 5.82 Å². The second-order valence-corrected chi connectivity index (χ2v) is 9.74. The predicted octanol–water partition coefficient (Wildman–Crippen LogP) is 3.93. The predicted molar refractivity (Wildman–Crippen MR) is 142 cm³/mol. The maximum absolute atomic E-state index is 11.4. The molecule has 3 aromatic rings. The number of para-hydroxylation sites is 1. The van der Waals surface area contributed by atoms with Gasteiger partial charge in [0.25, 0.3) is 0 Å². The van der Waals surface area contributed by atoms with Gasteiger partial charge in [-0.05, 0) is 88.3 Å². The highest BCUT2D eigenvalue weighted by Crippen LogP contribution is 2.29. The van der Waals surface area contributed by atoms with Crippen molar-refractivity contribution < 1.29 is 14.6 Å². The van der Waals surface area contributed by atoms with Crippen molar-refractivity contribution in [1.29, 1.82) is 0 Å². The zero-order valence-electron chi connectivity index (χ0n) is 21.2. The van der Waals surface area contributed by atoms with Gasteiger partial charge in [0.05, 0.1) is 24.0 Å². The molecule has 1 saturated heterocycles. The summed E-state index contributed by atoms with van der Waals surface area (Å²) in [5.74, 6) is 1.61. The second kappa shape index (κ2) is 12.1. The van der Waals surface area contributed by atoms with Gasteiger partial charge in [-0.2, -0.15) is 0 Å². The molecule has 8 heteroatoms. The number of aliphatic hydroxyl groups excluding tert-OH is 1. The van der Waals surface area contributed by atoms with E-state index in [2.05, 4.69) is 40.6 Å². The summed E-state index contributed by atoms with van der Waals surface area (Å²) in [6, 6.07) is 17.3. The Labute approximate surface area is 213 Å². The van der Waals surface area contributed by atoms with Crippen LogP contribution in [0.4, 0.5) is 10.6 Å². The van der Waals surface area contributed by atoms with Crippen LogP contribution < -0.4 is 15.8 Å². The maximum atomic E-state index is 11.4. The molecule has 2 aromatic carbocycles. The lowest BCUT2D eigenvalue weighted by molar-refractivity contribution is 0.156. The smallest absolute Gasteiger partial charge is 0.317 e. The summed E-state index contributed by atoms with van der Waals surface area (Å²) < 4.78 is 7.65. The molecule has 2 amide bonds. The van der Waals surface area contributed by atoms with Crippen molar-refractivity contribution in [3.8, 4) is 11.6 Å². The molecule has 1 aliphatic heterocycles. The lowest BCUT2D eigenvalue weighted by atomic mass is 9.90. The van der Waals surface area contributed by atoms with Gasteiger partial charge in [-0.25, -0.2) is 9.48 Å². The normalized spacial score (nSPS) is 18.0. The summed E-state index contributed by atoms with van der Waals surface area (Å²) in [7, 11) is 2.14. The Morgan fingerprint density at radius 3 is 2.44 bits per heavy atom. The van der Waals surface area contributed by atoms with Crippen molar-refractivity contribution in [1.82, 2.24) is 14.7 Å². The first-order valence-corrected chi connectivity index (χ1v) is 12.7. The van der Waals surface area contributed by atoms with E-state index in [0.717, 1.165) is 56.4 Å². The summed E-state index contributed by atoms with van der Waals surface area (Å²) in [5, 5.41) is 16.6. The lowest BCUT2D eigenvalue weighted by Gasteiger charge is -2.28. The minimum absolute atomic E-state index is 0.107. The quantitative estimate of drug-likeness (QED) is 0.502. The number of hydrogen-bond donors (Lipinski definition) is 3. The van der Waals surface area contributed by atoms with E-state index >= 15 is 0 Å². The number of benzene rings is 2. The van der Waals surface area contributed by atoms with E-state index in [1.54, 1.807) is 4.68 Å². The summed E-state index contributed by atoms with van der Waals surface area (Å²) >= 11 is 0. The zero-order valence-corrected chi connectivity index (χ0v) is 21.2. The number of urea groups is 1. The van der Waals surface area contributed by atoms with Crippen molar-refractivity contribution in [3.63, 3.8) is 0 Å². The molecular formula is C28H37N5O3. The van der Waals surface area contributed by atoms with E-state index in [1.165, 1.54) is 11.1 Å². The number of rotatable bonds is 5. The molecule has 0 spiro atoms. The van der Waals surface area contributed by atoms with Gasteiger partial charge in [0.2, 0.25) is 5.88 Å². The van der Waals surface area contributed by atoms with Gasteiger partial charge in [-0.3, -0.25) is 5.32 Å². The summed E-state index contributed by atoms with van der Waals surface area (Å²) in [4.78, 5) is 13.7. The number of fused-ring (bicyclic) bond motifs is 1. The molecule has 0 bridgehead atoms. The van der Waals surface area contributed by atoms with Gasteiger partial charge in [-0.1, -0.05) is 42.5 Å². The number of anilines is 1. The number of nitrogens with one attached hydrogen (secondary N) is 1. The minimum Gasteiger partial charge on any atom is -0.476 e. The number of hydrogen-bond acceptors (Lipinski definition) is 5. The van der Waals surface area contributed by atoms with Crippen LogP contribution in [0.2, 0.25) is 0 Å². The third kappa shape index (κ3) is 6.65. The molecule has 1 aliphatic carbocycles. The first kappa shape index (κ1) is 25.7. The third-order valence-electron chi connectivity index (χ3n) is 6.94. The van der Waals surface area contributed by atoms with E-state index in [-0.39, 0.29) is 6.10 Å². The van der Waals surface area contributed by atoms with Crippen molar-refractivity contribution in [2.45, 2.75) is 45.1 Å². The number of aromatic nitrogens is 2. The molecule has 0 radical (unpaired) electrons. The summed E-state index contributed by atoms with van der Waals surface area (Å²) in [5.41, 5.74) is 9.67. The number of amides is 2. The van der Waals surface area contributed by atoms with Gasteiger partial charge >= 0.3 is 6.03 Å². The fraction of sp³-hybridized carbons (Fsp3) is 0.429. The van der Waals surface area contributed by atoms with Gasteiger partial charge in [0.15, 0.2) is 0 Å². The first-order chi connectivity index (χ1) is 17.4. The minimum atomic E-state index is -0.623. The maximum Gasteiger partial charge on any atom is 0.317 e. The number of likely N-dealkylation sites (tertiary alicyclic amines) is 1. The standard InChI is InChI=1S/C18H25N5O2.C10H12O/c1-13-16(20-18(19)24)23(15-6-4-3-5-7-15)21-17(13)25-12-14-8-10-22(2)11-9-14;11-10-6-5-8-3-1-2-4-9(8)7-10/h3-7,14H,8-12H2,1-2H3,(H3,19,20,24);1-4,10-11H,5-7H2. The fourth-order valence-electron chi connectivity index (χ4n) is 4.74. The Kier molecular flexibility index (Phi) is 8.61. The third-order valence-corrected chi connectivity index (χ3v) is 6.94. The van der Waals surface area contributed by atoms with Crippen LogP contribution in [0.25, 0.3) is 5.69 Å². The van der Waals surface area contributed by atoms with E-state index in [9.17, 15) is 9.90 Å². The highest BCUT2D eigenvalue weighted by atomic mass is 16.5. The summed E-state index contributed by atoms with van der Waals surface area (Å²) in [6.45, 7) is 4.71. The Balaban J connectivity index is 0.000000229. The number of ether oxygens (including phenoxy) is 1. The SMILES string of the molecule is Cc1c(OCC2CCN(C)CC2)nn(-c2ccccc2)c1NC(N)=O.OC1CCc2ccccc2C1. The number of nitrogens with zero attached hydrogens (tertiary/aromatic N) is 3. The van der Waals surface area contributed by atoms with Crippen LogP contribution in [-0.2, 0) is 12.8 Å². The lowest BCUT2D eigenvalue weighted by Crippen LogP contribution is -2.32. The van der Waals surface area contributed by atoms with Crippen LogP contribution in [-0.4, -0.2) is 58.7 Å². The number of carbonyl (C=O) groups excluding carboxylic acids is 1. The average Bonchev–Trinajstić information content (AvgIpc) is 3.19. The fourth-order valence-corrected chi connectivity index (χ4v) is 4.74. The number of piperidine rings is 1. The van der Waals surface area contributed by atoms with Crippen LogP contribution in [0.5, 0.6) is 5.88 Å². The number of aryl methyl sites for hydroxylation is 1. The van der Waals surface area contributed by atoms with Crippen LogP contribution in [0.3, 0.4) is 0 Å². The van der Waals surface area contributed by atoms with Gasteiger partial charge in [0, 0.05) is 0 Å². The van der Waals surface area contributed by atoms with E-state index in [1.807, 2.05) is 43.3 Å². The molecule has 8 nitrogen and oxygen atoms in total. The van der Waals surface area contributed by atoms with Crippen molar-refractivity contribution >= 4 is 11.8 Å². The molecule has 36 heavy (non-hydrogen) atoms. The monoisotopic (exact) mass is 491 g/mol. The number of carbonyl (C=O) groups is 1. The highest BCUT2D eigenvalue weighted by molar-refractivity contribution is 5.88. The average molecular weight is 492 g/mol. The largest absolute Gasteiger partial charge is 0.476 e. The molecule has 2 heterocycles. The van der Waals surface area contributed by atoms with E-state index in [0.29, 0.717) is 24.2 Å². The van der Waals surface area contributed by atoms with E-state index in [4.69, 9.17) is 10.5 Å². The van der Waals surface area contributed by atoms with Gasteiger partial charge in [-0.15, -0.1) is 5.10 Å². The number of nitrogens with two attached hydrogens (primary N) is 1. The highest BCUT2D eigenvalue weighted by Gasteiger charge is 2.21. The first-order valence-electron chi connectivity index (χ1n) is 12.7. The Hall–Kier alpha value is -3.36. The second-order valence-electron chi connectivity index (χ2n) is 9.74. The topological polar surface area (TPSA) is 106 Å². The molecule has 1 atom stereocenters. The molecule has 1 unspecified atom stereocenters. The number of primary amides is 1. The molecule has 192 valence electrons. The zero-order chi connectivity index (χ0) is 25.5. The van der Waals surface area contributed by atoms with E-state index < -0.39 is 6.03 Å². The van der Waals surface area contributed by atoms with Crippen LogP contribution in [0.15, 0.2) is 54.6 Å². The van der Waals surface area contributed by atoms with Crippen LogP contribution >= 0.6 is 0 Å². The van der Waals surface area contributed by atoms with Gasteiger partial charge < -0.3 is 20.5 Å². The van der Waals surface area contributed by atoms with Crippen molar-refractivity contribution in [2.75, 3.05) is 32.1 Å². The van der Waals surface area contributed by atoms with Crippen molar-refractivity contribution in [3.05, 3.63) is 71.3 Å².